The smallest absolute Gasteiger partial charge is 0.320 e. The molecule has 1 rings (SSSR count). The molecule has 0 fully saturated rings. The fourth-order valence-electron chi connectivity index (χ4n) is 1.10. The third kappa shape index (κ3) is 2.25. The molecule has 0 aliphatic heterocycles. The number of halogens is 3. The predicted molar refractivity (Wildman–Crippen MR) is 45.7 cm³/mol. The van der Waals surface area contributed by atoms with Crippen LogP contribution in [0.1, 0.15) is 11.3 Å². The Hall–Kier alpha value is -1.04. The highest BCUT2D eigenvalue weighted by atomic mass is 19.4. The Kier molecular flexibility index (Phi) is 2.84. The first kappa shape index (κ1) is 11.0. The van der Waals surface area contributed by atoms with Crippen molar-refractivity contribution >= 4 is 0 Å². The lowest BCUT2D eigenvalue weighted by Crippen LogP contribution is -2.39. The molecule has 14 heavy (non-hydrogen) atoms. The summed E-state index contributed by atoms with van der Waals surface area (Å²) in [6, 6.07) is -1.81. The van der Waals surface area contributed by atoms with Crippen LogP contribution in [0.4, 0.5) is 13.2 Å². The van der Waals surface area contributed by atoms with E-state index in [1.54, 1.807) is 14.0 Å². The maximum atomic E-state index is 12.1. The molecule has 1 heterocycles. The van der Waals surface area contributed by atoms with E-state index in [4.69, 9.17) is 5.73 Å². The maximum Gasteiger partial charge on any atom is 0.403 e. The van der Waals surface area contributed by atoms with Gasteiger partial charge in [-0.1, -0.05) is 0 Å². The van der Waals surface area contributed by atoms with Crippen molar-refractivity contribution < 1.29 is 13.2 Å². The number of hydrogen-bond acceptors (Lipinski definition) is 2. The van der Waals surface area contributed by atoms with Crippen LogP contribution in [-0.2, 0) is 13.5 Å². The van der Waals surface area contributed by atoms with Gasteiger partial charge in [-0.05, 0) is 18.9 Å². The highest BCUT2D eigenvalue weighted by molar-refractivity contribution is 5.17. The molecule has 6 heteroatoms. The number of hydrogen-bond donors (Lipinski definition) is 1. The number of nitrogens with two attached hydrogens (primary N) is 1. The van der Waals surface area contributed by atoms with Crippen LogP contribution in [-0.4, -0.2) is 22.0 Å². The number of alkyl halides is 3. The highest BCUT2D eigenvalue weighted by Crippen LogP contribution is 2.22. The van der Waals surface area contributed by atoms with Gasteiger partial charge >= 0.3 is 6.18 Å². The minimum atomic E-state index is -4.34. The molecule has 0 aromatic carbocycles. The fraction of sp³-hybridized carbons (Fsp3) is 0.625. The zero-order valence-electron chi connectivity index (χ0n) is 7.97. The molecule has 0 aliphatic carbocycles. The largest absolute Gasteiger partial charge is 0.403 e. The van der Waals surface area contributed by atoms with Gasteiger partial charge in [0.2, 0.25) is 0 Å². The molecule has 0 saturated carbocycles. The van der Waals surface area contributed by atoms with Gasteiger partial charge in [0.25, 0.3) is 0 Å². The summed E-state index contributed by atoms with van der Waals surface area (Å²) in [6.45, 7) is 1.71. The van der Waals surface area contributed by atoms with Gasteiger partial charge in [0.05, 0.1) is 6.20 Å². The molecular weight excluding hydrogens is 195 g/mol. The Bertz CT molecular complexity index is 316. The van der Waals surface area contributed by atoms with E-state index in [9.17, 15) is 13.2 Å². The second-order valence-electron chi connectivity index (χ2n) is 3.23. The highest BCUT2D eigenvalue weighted by Gasteiger charge is 2.36. The molecule has 80 valence electrons. The van der Waals surface area contributed by atoms with E-state index < -0.39 is 12.2 Å². The van der Waals surface area contributed by atoms with Crippen LogP contribution in [0.15, 0.2) is 6.20 Å². The Labute approximate surface area is 79.7 Å². The molecule has 0 radical (unpaired) electrons. The van der Waals surface area contributed by atoms with Crippen molar-refractivity contribution in [2.75, 3.05) is 0 Å². The van der Waals surface area contributed by atoms with E-state index in [-0.39, 0.29) is 6.42 Å². The van der Waals surface area contributed by atoms with Crippen molar-refractivity contribution in [2.45, 2.75) is 25.6 Å². The number of rotatable bonds is 2. The van der Waals surface area contributed by atoms with Crippen LogP contribution in [0.3, 0.4) is 0 Å². The van der Waals surface area contributed by atoms with Crippen LogP contribution in [0, 0.1) is 6.92 Å². The van der Waals surface area contributed by atoms with Gasteiger partial charge in [0.15, 0.2) is 0 Å². The molecule has 1 aromatic heterocycles. The lowest BCUT2D eigenvalue weighted by molar-refractivity contribution is -0.147. The molecule has 0 aliphatic rings. The summed E-state index contributed by atoms with van der Waals surface area (Å²) in [5.74, 6) is 0. The number of aromatic nitrogens is 2. The lowest BCUT2D eigenvalue weighted by Gasteiger charge is -2.14. The minimum absolute atomic E-state index is 0.219. The van der Waals surface area contributed by atoms with Gasteiger partial charge in [-0.2, -0.15) is 18.3 Å². The molecule has 2 N–H and O–H groups in total. The van der Waals surface area contributed by atoms with Gasteiger partial charge in [0.1, 0.15) is 6.04 Å². The van der Waals surface area contributed by atoms with Gasteiger partial charge in [-0.3, -0.25) is 4.68 Å². The van der Waals surface area contributed by atoms with Crippen molar-refractivity contribution in [3.63, 3.8) is 0 Å². The first-order valence-corrected chi connectivity index (χ1v) is 4.12. The Morgan fingerprint density at radius 2 is 2.14 bits per heavy atom. The minimum Gasteiger partial charge on any atom is -0.320 e. The first-order chi connectivity index (χ1) is 6.32. The second kappa shape index (κ2) is 3.61. The van der Waals surface area contributed by atoms with Crippen molar-refractivity contribution in [1.82, 2.24) is 9.78 Å². The molecule has 0 spiro atoms. The number of nitrogens with zero attached hydrogens (tertiary/aromatic N) is 2. The molecular formula is C8H12F3N3. The molecule has 0 saturated heterocycles. The summed E-state index contributed by atoms with van der Waals surface area (Å²) in [7, 11) is 1.68. The van der Waals surface area contributed by atoms with Crippen LogP contribution < -0.4 is 5.73 Å². The molecule has 1 aromatic rings. The van der Waals surface area contributed by atoms with E-state index in [0.29, 0.717) is 11.3 Å². The van der Waals surface area contributed by atoms with Gasteiger partial charge in [0, 0.05) is 12.7 Å². The monoisotopic (exact) mass is 207 g/mol. The van der Waals surface area contributed by atoms with Gasteiger partial charge in [-0.25, -0.2) is 0 Å². The molecule has 0 bridgehead atoms. The van der Waals surface area contributed by atoms with Crippen LogP contribution in [0.2, 0.25) is 0 Å². The molecule has 1 unspecified atom stereocenters. The third-order valence-electron chi connectivity index (χ3n) is 2.20. The van der Waals surface area contributed by atoms with Crippen molar-refractivity contribution in [1.29, 1.82) is 0 Å². The van der Waals surface area contributed by atoms with Crippen molar-refractivity contribution in [3.8, 4) is 0 Å². The quantitative estimate of drug-likeness (QED) is 0.790. The van der Waals surface area contributed by atoms with Gasteiger partial charge < -0.3 is 5.73 Å². The molecule has 1 atom stereocenters. The van der Waals surface area contributed by atoms with Crippen molar-refractivity contribution in [2.24, 2.45) is 12.8 Å². The Morgan fingerprint density at radius 1 is 1.57 bits per heavy atom. The zero-order chi connectivity index (χ0) is 10.9. The van der Waals surface area contributed by atoms with E-state index in [0.717, 1.165) is 0 Å². The van der Waals surface area contributed by atoms with Crippen molar-refractivity contribution in [3.05, 3.63) is 17.5 Å². The average molecular weight is 207 g/mol. The fourth-order valence-corrected chi connectivity index (χ4v) is 1.10. The van der Waals surface area contributed by atoms with E-state index in [2.05, 4.69) is 5.10 Å². The van der Waals surface area contributed by atoms with Gasteiger partial charge in [-0.15, -0.1) is 0 Å². The maximum absolute atomic E-state index is 12.1. The van der Waals surface area contributed by atoms with E-state index >= 15 is 0 Å². The second-order valence-corrected chi connectivity index (χ2v) is 3.23. The third-order valence-corrected chi connectivity index (χ3v) is 2.20. The zero-order valence-corrected chi connectivity index (χ0v) is 7.97. The van der Waals surface area contributed by atoms with E-state index in [1.807, 2.05) is 0 Å². The van der Waals surface area contributed by atoms with Crippen LogP contribution >= 0.6 is 0 Å². The summed E-state index contributed by atoms with van der Waals surface area (Å²) < 4.78 is 37.9. The summed E-state index contributed by atoms with van der Waals surface area (Å²) in [4.78, 5) is 0. The summed E-state index contributed by atoms with van der Waals surface area (Å²) in [5.41, 5.74) is 6.25. The van der Waals surface area contributed by atoms with E-state index in [1.165, 1.54) is 10.9 Å². The predicted octanol–water partition coefficient (Wildman–Crippen LogP) is 1.16. The Morgan fingerprint density at radius 3 is 2.50 bits per heavy atom. The topological polar surface area (TPSA) is 43.8 Å². The van der Waals surface area contributed by atoms with Crippen LogP contribution in [0.5, 0.6) is 0 Å². The SMILES string of the molecule is Cc1c(CC(N)C(F)(F)F)cnn1C. The number of aryl methyl sites for hydroxylation is 1. The normalized spacial score (nSPS) is 14.4. The molecule has 3 nitrogen and oxygen atoms in total. The standard InChI is InChI=1S/C8H12F3N3/c1-5-6(4-13-14(5)2)3-7(12)8(9,10)11/h4,7H,3,12H2,1-2H3. The summed E-state index contributed by atoms with van der Waals surface area (Å²) in [5, 5.41) is 3.85. The van der Waals surface area contributed by atoms with Crippen LogP contribution in [0.25, 0.3) is 0 Å². The summed E-state index contributed by atoms with van der Waals surface area (Å²) >= 11 is 0. The average Bonchev–Trinajstić information content (AvgIpc) is 2.34. The first-order valence-electron chi connectivity index (χ1n) is 4.12. The summed E-state index contributed by atoms with van der Waals surface area (Å²) in [6.07, 6.45) is -3.15. The molecule has 0 amide bonds. The lowest BCUT2D eigenvalue weighted by atomic mass is 10.1. The Balaban J connectivity index is 2.75.